The molecule has 0 aliphatic carbocycles. The van der Waals surface area contributed by atoms with E-state index in [1.54, 1.807) is 7.11 Å². The standard InChI is InChI=1S/C18H27N3O2/c1-3-18(22)19-12-8-4-5-11-17-20-15-9-6-7-10-16(15)21(17)13-14-23-2/h6-7,9-10H,3-5,8,11-14H2,1-2H3,(H,19,22). The zero-order valence-corrected chi connectivity index (χ0v) is 14.2. The first-order valence-electron chi connectivity index (χ1n) is 8.46. The second kappa shape index (κ2) is 9.30. The third kappa shape index (κ3) is 5.06. The fourth-order valence-electron chi connectivity index (χ4n) is 2.69. The van der Waals surface area contributed by atoms with Crippen LogP contribution in [0.2, 0.25) is 0 Å². The number of hydrogen-bond acceptors (Lipinski definition) is 3. The van der Waals surface area contributed by atoms with Crippen molar-refractivity contribution in [3.8, 4) is 0 Å². The van der Waals surface area contributed by atoms with Gasteiger partial charge in [-0.3, -0.25) is 4.79 Å². The van der Waals surface area contributed by atoms with E-state index in [2.05, 4.69) is 22.0 Å². The van der Waals surface area contributed by atoms with Crippen molar-refractivity contribution in [2.45, 2.75) is 45.6 Å². The topological polar surface area (TPSA) is 56.2 Å². The number of nitrogens with zero attached hydrogens (tertiary/aromatic N) is 2. The number of unbranched alkanes of at least 4 members (excludes halogenated alkanes) is 2. The van der Waals surface area contributed by atoms with E-state index >= 15 is 0 Å². The van der Waals surface area contributed by atoms with Crippen molar-refractivity contribution in [3.63, 3.8) is 0 Å². The molecule has 0 radical (unpaired) electrons. The van der Waals surface area contributed by atoms with Crippen LogP contribution in [0.15, 0.2) is 24.3 Å². The maximum Gasteiger partial charge on any atom is 0.219 e. The van der Waals surface area contributed by atoms with E-state index in [-0.39, 0.29) is 5.91 Å². The van der Waals surface area contributed by atoms with E-state index in [4.69, 9.17) is 9.72 Å². The first kappa shape index (κ1) is 17.5. The Balaban J connectivity index is 1.87. The molecule has 5 nitrogen and oxygen atoms in total. The molecule has 0 aliphatic rings. The zero-order chi connectivity index (χ0) is 16.5. The van der Waals surface area contributed by atoms with Crippen LogP contribution in [-0.2, 0) is 22.5 Å². The second-order valence-electron chi connectivity index (χ2n) is 5.68. The lowest BCUT2D eigenvalue weighted by Gasteiger charge is -2.09. The molecule has 0 atom stereocenters. The number of aryl methyl sites for hydroxylation is 1. The molecule has 0 unspecified atom stereocenters. The third-order valence-electron chi connectivity index (χ3n) is 3.97. The molecule has 0 spiro atoms. The molecule has 0 fully saturated rings. The first-order chi connectivity index (χ1) is 11.3. The monoisotopic (exact) mass is 317 g/mol. The van der Waals surface area contributed by atoms with Crippen molar-refractivity contribution < 1.29 is 9.53 Å². The summed E-state index contributed by atoms with van der Waals surface area (Å²) in [5.41, 5.74) is 2.23. The minimum Gasteiger partial charge on any atom is -0.383 e. The number of benzene rings is 1. The number of amides is 1. The molecule has 0 saturated heterocycles. The highest BCUT2D eigenvalue weighted by Gasteiger charge is 2.09. The summed E-state index contributed by atoms with van der Waals surface area (Å²) in [6.45, 7) is 4.17. The molecule has 1 aromatic carbocycles. The Morgan fingerprint density at radius 3 is 2.87 bits per heavy atom. The Hall–Kier alpha value is -1.88. The Kier molecular flexibility index (Phi) is 7.07. The summed E-state index contributed by atoms with van der Waals surface area (Å²) in [6, 6.07) is 8.24. The predicted molar refractivity (Wildman–Crippen MR) is 92.5 cm³/mol. The van der Waals surface area contributed by atoms with Crippen LogP contribution < -0.4 is 5.32 Å². The van der Waals surface area contributed by atoms with Gasteiger partial charge in [0.05, 0.1) is 17.6 Å². The van der Waals surface area contributed by atoms with Gasteiger partial charge < -0.3 is 14.6 Å². The van der Waals surface area contributed by atoms with E-state index in [0.29, 0.717) is 13.0 Å². The van der Waals surface area contributed by atoms with E-state index in [1.165, 1.54) is 5.52 Å². The Bertz CT molecular complexity index is 622. The molecular weight excluding hydrogens is 290 g/mol. The summed E-state index contributed by atoms with van der Waals surface area (Å²) >= 11 is 0. The minimum atomic E-state index is 0.131. The van der Waals surface area contributed by atoms with Gasteiger partial charge in [-0.25, -0.2) is 4.98 Å². The van der Waals surface area contributed by atoms with E-state index in [0.717, 1.165) is 50.1 Å². The summed E-state index contributed by atoms with van der Waals surface area (Å²) < 4.78 is 7.48. The molecule has 23 heavy (non-hydrogen) atoms. The molecular formula is C18H27N3O2. The molecule has 0 bridgehead atoms. The van der Waals surface area contributed by atoms with Gasteiger partial charge in [0.25, 0.3) is 0 Å². The van der Waals surface area contributed by atoms with Gasteiger partial charge in [-0.05, 0) is 25.0 Å². The molecule has 1 aromatic heterocycles. The average molecular weight is 317 g/mol. The van der Waals surface area contributed by atoms with Crippen molar-refractivity contribution in [2.75, 3.05) is 20.3 Å². The fourth-order valence-corrected chi connectivity index (χ4v) is 2.69. The highest BCUT2D eigenvalue weighted by Crippen LogP contribution is 2.17. The molecule has 1 amide bonds. The molecule has 126 valence electrons. The van der Waals surface area contributed by atoms with Crippen LogP contribution in [-0.4, -0.2) is 35.7 Å². The lowest BCUT2D eigenvalue weighted by atomic mass is 10.2. The Morgan fingerprint density at radius 2 is 2.09 bits per heavy atom. The SMILES string of the molecule is CCC(=O)NCCCCCc1nc2ccccc2n1CCOC. The van der Waals surface area contributed by atoms with E-state index in [9.17, 15) is 4.79 Å². The van der Waals surface area contributed by atoms with E-state index < -0.39 is 0 Å². The number of nitrogens with one attached hydrogen (secondary N) is 1. The summed E-state index contributed by atoms with van der Waals surface area (Å²) in [4.78, 5) is 15.9. The van der Waals surface area contributed by atoms with Crippen LogP contribution in [0.5, 0.6) is 0 Å². The van der Waals surface area contributed by atoms with Crippen LogP contribution in [0.25, 0.3) is 11.0 Å². The average Bonchev–Trinajstić information content (AvgIpc) is 2.93. The van der Waals surface area contributed by atoms with Gasteiger partial charge in [0.1, 0.15) is 5.82 Å². The predicted octanol–water partition coefficient (Wildman–Crippen LogP) is 2.92. The maximum atomic E-state index is 11.2. The number of hydrogen-bond donors (Lipinski definition) is 1. The number of fused-ring (bicyclic) bond motifs is 1. The number of methoxy groups -OCH3 is 1. The van der Waals surface area contributed by atoms with Crippen molar-refractivity contribution in [3.05, 3.63) is 30.1 Å². The van der Waals surface area contributed by atoms with Crippen molar-refractivity contribution >= 4 is 16.9 Å². The zero-order valence-electron chi connectivity index (χ0n) is 14.2. The van der Waals surface area contributed by atoms with Gasteiger partial charge in [-0.1, -0.05) is 25.5 Å². The number of imidazole rings is 1. The summed E-state index contributed by atoms with van der Waals surface area (Å²) in [6.07, 6.45) is 4.71. The first-order valence-corrected chi connectivity index (χ1v) is 8.46. The van der Waals surface area contributed by atoms with Gasteiger partial charge in [0.15, 0.2) is 0 Å². The molecule has 1 heterocycles. The van der Waals surface area contributed by atoms with E-state index in [1.807, 2.05) is 19.1 Å². The third-order valence-corrected chi connectivity index (χ3v) is 3.97. The number of aromatic nitrogens is 2. The summed E-state index contributed by atoms with van der Waals surface area (Å²) in [7, 11) is 1.73. The number of carbonyl (C=O) groups is 1. The van der Waals surface area contributed by atoms with Crippen LogP contribution in [0.1, 0.15) is 38.4 Å². The molecule has 0 aliphatic heterocycles. The highest BCUT2D eigenvalue weighted by atomic mass is 16.5. The summed E-state index contributed by atoms with van der Waals surface area (Å²) in [5, 5.41) is 2.92. The lowest BCUT2D eigenvalue weighted by Crippen LogP contribution is -2.23. The number of carbonyl (C=O) groups excluding carboxylic acids is 1. The van der Waals surface area contributed by atoms with Gasteiger partial charge in [0, 0.05) is 33.0 Å². The van der Waals surface area contributed by atoms with Crippen LogP contribution >= 0.6 is 0 Å². The second-order valence-corrected chi connectivity index (χ2v) is 5.68. The molecule has 0 saturated carbocycles. The van der Waals surface area contributed by atoms with Crippen LogP contribution in [0, 0.1) is 0 Å². The number of para-hydroxylation sites is 2. The van der Waals surface area contributed by atoms with Gasteiger partial charge in [-0.2, -0.15) is 0 Å². The van der Waals surface area contributed by atoms with Crippen LogP contribution in [0.3, 0.4) is 0 Å². The van der Waals surface area contributed by atoms with Crippen molar-refractivity contribution in [1.82, 2.24) is 14.9 Å². The Morgan fingerprint density at radius 1 is 1.26 bits per heavy atom. The van der Waals surface area contributed by atoms with Crippen molar-refractivity contribution in [2.24, 2.45) is 0 Å². The molecule has 5 heteroatoms. The lowest BCUT2D eigenvalue weighted by molar-refractivity contribution is -0.120. The fraction of sp³-hybridized carbons (Fsp3) is 0.556. The largest absolute Gasteiger partial charge is 0.383 e. The van der Waals surface area contributed by atoms with Gasteiger partial charge in [-0.15, -0.1) is 0 Å². The number of ether oxygens (including phenoxy) is 1. The molecule has 2 rings (SSSR count). The normalized spacial score (nSPS) is 11.0. The maximum absolute atomic E-state index is 11.2. The smallest absolute Gasteiger partial charge is 0.219 e. The van der Waals surface area contributed by atoms with Gasteiger partial charge >= 0.3 is 0 Å². The quantitative estimate of drug-likeness (QED) is 0.686. The minimum absolute atomic E-state index is 0.131. The Labute approximate surface area is 138 Å². The highest BCUT2D eigenvalue weighted by molar-refractivity contribution is 5.76. The van der Waals surface area contributed by atoms with Gasteiger partial charge in [0.2, 0.25) is 5.91 Å². The van der Waals surface area contributed by atoms with Crippen LogP contribution in [0.4, 0.5) is 0 Å². The number of rotatable bonds is 10. The molecule has 1 N–H and O–H groups in total. The summed E-state index contributed by atoms with van der Waals surface area (Å²) in [5.74, 6) is 1.26. The molecule has 2 aromatic rings. The van der Waals surface area contributed by atoms with Crippen molar-refractivity contribution in [1.29, 1.82) is 0 Å².